The SMILES string of the molecule is COc1ccc([C@H]2C3=CCn4c(=O)n(CCc5nc6cc(OC)c(OC)cc6n(C)c5=O)c(=O)n4[C@@H]3C[C@H]3C(=O)N(c4ccc(F)c(Cl)c4)C(=O)[C@@]23C)c(O)c1. The molecule has 2 aromatic heterocycles. The Kier molecular flexibility index (Phi) is 8.71. The summed E-state index contributed by atoms with van der Waals surface area (Å²) < 4.78 is 35.3. The molecule has 56 heavy (non-hydrogen) atoms. The number of allylic oxidation sites excluding steroid dienone is 2. The third-order valence-corrected chi connectivity index (χ3v) is 11.8. The van der Waals surface area contributed by atoms with E-state index in [9.17, 15) is 33.5 Å². The van der Waals surface area contributed by atoms with Crippen molar-refractivity contribution >= 4 is 40.1 Å². The molecule has 3 aromatic carbocycles. The summed E-state index contributed by atoms with van der Waals surface area (Å²) in [4.78, 5) is 76.3. The Morgan fingerprint density at radius 1 is 0.964 bits per heavy atom. The molecule has 15 nitrogen and oxygen atoms in total. The summed E-state index contributed by atoms with van der Waals surface area (Å²) in [5.41, 5.74) is -1.24. The zero-order chi connectivity index (χ0) is 40.0. The number of hydrogen-bond donors (Lipinski definition) is 1. The summed E-state index contributed by atoms with van der Waals surface area (Å²) >= 11 is 6.09. The van der Waals surface area contributed by atoms with Gasteiger partial charge in [0, 0.05) is 49.7 Å². The van der Waals surface area contributed by atoms with Gasteiger partial charge in [-0.1, -0.05) is 23.7 Å². The largest absolute Gasteiger partial charge is 0.508 e. The van der Waals surface area contributed by atoms with Crippen molar-refractivity contribution in [1.29, 1.82) is 0 Å². The molecule has 4 atom stereocenters. The topological polar surface area (TPSA) is 169 Å². The van der Waals surface area contributed by atoms with Gasteiger partial charge in [-0.15, -0.1) is 0 Å². The van der Waals surface area contributed by atoms with Gasteiger partial charge < -0.3 is 23.9 Å². The van der Waals surface area contributed by atoms with Gasteiger partial charge in [-0.05, 0) is 43.2 Å². The number of nitrogens with zero attached hydrogens (tertiary/aromatic N) is 6. The summed E-state index contributed by atoms with van der Waals surface area (Å²) in [7, 11) is 5.99. The number of aromatic nitrogens is 5. The van der Waals surface area contributed by atoms with E-state index in [1.165, 1.54) is 53.5 Å². The van der Waals surface area contributed by atoms with Crippen LogP contribution in [-0.2, 0) is 36.1 Å². The van der Waals surface area contributed by atoms with Crippen molar-refractivity contribution in [2.24, 2.45) is 18.4 Å². The number of anilines is 1. The molecule has 1 N–H and O–H groups in total. The molecule has 0 unspecified atom stereocenters. The third kappa shape index (κ3) is 5.22. The zero-order valence-corrected chi connectivity index (χ0v) is 31.7. The van der Waals surface area contributed by atoms with Gasteiger partial charge in [0.2, 0.25) is 11.8 Å². The van der Waals surface area contributed by atoms with Gasteiger partial charge >= 0.3 is 11.4 Å². The second-order valence-corrected chi connectivity index (χ2v) is 14.6. The fraction of sp³-hybridized carbons (Fsp3) is 0.333. The van der Waals surface area contributed by atoms with Crippen molar-refractivity contribution in [1.82, 2.24) is 23.5 Å². The summed E-state index contributed by atoms with van der Waals surface area (Å²) in [6.07, 6.45) is 1.64. The molecular weight excluding hydrogens is 751 g/mol. The Bertz CT molecular complexity index is 2730. The Labute approximate surface area is 322 Å². The van der Waals surface area contributed by atoms with Crippen LogP contribution in [-0.4, -0.2) is 61.7 Å². The highest BCUT2D eigenvalue weighted by Crippen LogP contribution is 2.62. The van der Waals surface area contributed by atoms with E-state index in [4.69, 9.17) is 25.8 Å². The van der Waals surface area contributed by atoms with E-state index >= 15 is 0 Å². The van der Waals surface area contributed by atoms with Gasteiger partial charge in [0.25, 0.3) is 5.56 Å². The average Bonchev–Trinajstić information content (AvgIpc) is 3.55. The molecule has 4 heterocycles. The number of ether oxygens (including phenoxy) is 3. The van der Waals surface area contributed by atoms with Crippen LogP contribution in [0.3, 0.4) is 0 Å². The van der Waals surface area contributed by atoms with E-state index in [1.54, 1.807) is 44.3 Å². The van der Waals surface area contributed by atoms with Crippen LogP contribution in [0.2, 0.25) is 5.02 Å². The molecule has 2 amide bonds. The minimum atomic E-state index is -1.49. The fourth-order valence-corrected chi connectivity index (χ4v) is 8.89. The molecule has 17 heteroatoms. The molecule has 3 aliphatic rings. The number of amides is 2. The standard InChI is InChI=1S/C39H36ClFN6O9/c1-39-23(34(49)46(36(39)51)19-6-9-25(41)24(40)14-19)16-28-21(33(39)22-8-7-20(54-3)15-30(22)48)10-13-45-37(52)44(38(53)47(28)45)12-11-26-35(50)43(2)29-18-32(56-5)31(55-4)17-27(29)42-26/h6-10,14-15,17-18,23,28,33,48H,11-13,16H2,1-5H3/t23-,28+,33+,39+/m0/s1. The molecule has 5 aromatic rings. The third-order valence-electron chi connectivity index (χ3n) is 11.5. The fourth-order valence-electron chi connectivity index (χ4n) is 8.71. The Morgan fingerprint density at radius 2 is 1.70 bits per heavy atom. The Balaban J connectivity index is 1.21. The molecular formula is C39H36ClFN6O9. The number of rotatable bonds is 8. The molecule has 2 fully saturated rings. The number of halogens is 2. The van der Waals surface area contributed by atoms with Gasteiger partial charge in [0.1, 0.15) is 23.0 Å². The number of phenolic OH excluding ortho intramolecular Hbond substituents is 1. The predicted molar refractivity (Wildman–Crippen MR) is 201 cm³/mol. The molecule has 1 saturated carbocycles. The van der Waals surface area contributed by atoms with Crippen LogP contribution in [0.4, 0.5) is 10.1 Å². The molecule has 0 radical (unpaired) electrons. The lowest BCUT2D eigenvalue weighted by molar-refractivity contribution is -0.129. The van der Waals surface area contributed by atoms with Crippen LogP contribution < -0.4 is 36.0 Å². The number of imide groups is 1. The average molecular weight is 787 g/mol. The number of fused-ring (bicyclic) bond motifs is 5. The van der Waals surface area contributed by atoms with Gasteiger partial charge in [-0.25, -0.2) is 37.8 Å². The first-order valence-corrected chi connectivity index (χ1v) is 18.1. The first-order valence-electron chi connectivity index (χ1n) is 17.7. The molecule has 1 aliphatic carbocycles. The maximum absolute atomic E-state index is 14.6. The number of methoxy groups -OCH3 is 3. The van der Waals surface area contributed by atoms with E-state index in [1.807, 2.05) is 0 Å². The van der Waals surface area contributed by atoms with Crippen LogP contribution in [0.5, 0.6) is 23.0 Å². The molecule has 8 rings (SSSR count). The summed E-state index contributed by atoms with van der Waals surface area (Å²) in [5.74, 6) is -2.94. The first kappa shape index (κ1) is 36.8. The van der Waals surface area contributed by atoms with Crippen LogP contribution in [0, 0.1) is 17.2 Å². The second-order valence-electron chi connectivity index (χ2n) is 14.2. The van der Waals surface area contributed by atoms with Gasteiger partial charge in [0.05, 0.1) is 67.0 Å². The molecule has 290 valence electrons. The second kappa shape index (κ2) is 13.3. The van der Waals surface area contributed by atoms with Crippen molar-refractivity contribution in [2.45, 2.75) is 44.8 Å². The van der Waals surface area contributed by atoms with Crippen molar-refractivity contribution in [3.05, 3.63) is 114 Å². The minimum Gasteiger partial charge on any atom is -0.508 e. The van der Waals surface area contributed by atoms with Crippen molar-refractivity contribution < 1.29 is 33.3 Å². The number of aryl methyl sites for hydroxylation is 2. The lowest BCUT2D eigenvalue weighted by atomic mass is 9.56. The molecule has 0 bridgehead atoms. The monoisotopic (exact) mass is 786 g/mol. The highest BCUT2D eigenvalue weighted by molar-refractivity contribution is 6.31. The Morgan fingerprint density at radius 3 is 2.38 bits per heavy atom. The smallest absolute Gasteiger partial charge is 0.347 e. The van der Waals surface area contributed by atoms with Crippen molar-refractivity contribution in [3.8, 4) is 23.0 Å². The number of carbonyl (C=O) groups excluding carboxylic acids is 2. The van der Waals surface area contributed by atoms with Crippen molar-refractivity contribution in [3.63, 3.8) is 0 Å². The van der Waals surface area contributed by atoms with E-state index < -0.39 is 57.9 Å². The zero-order valence-electron chi connectivity index (χ0n) is 30.9. The lowest BCUT2D eigenvalue weighted by Gasteiger charge is -2.47. The number of phenols is 1. The number of hydrogen-bond acceptors (Lipinski definition) is 10. The van der Waals surface area contributed by atoms with Crippen LogP contribution in [0.15, 0.2) is 74.6 Å². The van der Waals surface area contributed by atoms with Gasteiger partial charge in [-0.2, -0.15) is 0 Å². The number of carbonyl (C=O) groups is 2. The Hall–Kier alpha value is -6.16. The van der Waals surface area contributed by atoms with E-state index in [0.29, 0.717) is 39.4 Å². The van der Waals surface area contributed by atoms with Gasteiger partial charge in [0.15, 0.2) is 11.5 Å². The van der Waals surface area contributed by atoms with Gasteiger partial charge in [-0.3, -0.25) is 14.4 Å². The van der Waals surface area contributed by atoms with Crippen LogP contribution in [0.1, 0.15) is 36.6 Å². The molecule has 0 spiro atoms. The van der Waals surface area contributed by atoms with E-state index in [-0.39, 0.29) is 48.1 Å². The molecule has 2 aliphatic heterocycles. The highest BCUT2D eigenvalue weighted by atomic mass is 35.5. The maximum Gasteiger partial charge on any atom is 0.347 e. The summed E-state index contributed by atoms with van der Waals surface area (Å²) in [5, 5.41) is 11.1. The summed E-state index contributed by atoms with van der Waals surface area (Å²) in [6.45, 7) is 1.40. The quantitative estimate of drug-likeness (QED) is 0.181. The normalized spacial score (nSPS) is 21.4. The lowest BCUT2D eigenvalue weighted by Crippen LogP contribution is -2.49. The minimum absolute atomic E-state index is 0.0484. The highest BCUT2D eigenvalue weighted by Gasteiger charge is 2.65. The van der Waals surface area contributed by atoms with E-state index in [2.05, 4.69) is 4.98 Å². The number of benzene rings is 3. The van der Waals surface area contributed by atoms with Crippen LogP contribution in [0.25, 0.3) is 11.0 Å². The maximum atomic E-state index is 14.6. The van der Waals surface area contributed by atoms with Crippen LogP contribution >= 0.6 is 11.6 Å². The predicted octanol–water partition coefficient (Wildman–Crippen LogP) is 3.69. The molecule has 1 saturated heterocycles. The first-order chi connectivity index (χ1) is 26.7. The number of aromatic hydroxyl groups is 1. The summed E-state index contributed by atoms with van der Waals surface area (Å²) in [6, 6.07) is 10.6. The van der Waals surface area contributed by atoms with Crippen molar-refractivity contribution in [2.75, 3.05) is 26.2 Å². The van der Waals surface area contributed by atoms with E-state index in [0.717, 1.165) is 15.5 Å².